The Hall–Kier alpha value is -6.43. The van der Waals surface area contributed by atoms with E-state index in [1.807, 2.05) is 7.05 Å². The molecule has 352 valence electrons. The van der Waals surface area contributed by atoms with E-state index >= 15 is 8.78 Å². The summed E-state index contributed by atoms with van der Waals surface area (Å²) in [5, 5.41) is 19.6. The number of amides is 5. The molecule has 3 aliphatic rings. The Morgan fingerprint density at radius 2 is 1.79 bits per heavy atom. The zero-order chi connectivity index (χ0) is 47.7. The third-order valence-corrected chi connectivity index (χ3v) is 12.6. The van der Waals surface area contributed by atoms with Gasteiger partial charge in [-0.05, 0) is 102 Å². The van der Waals surface area contributed by atoms with E-state index in [0.29, 0.717) is 77.8 Å². The first-order chi connectivity index (χ1) is 31.2. The molecule has 18 heteroatoms. The molecule has 3 aromatic carbocycles. The third kappa shape index (κ3) is 10.0. The van der Waals surface area contributed by atoms with Crippen molar-refractivity contribution in [3.8, 4) is 11.5 Å². The van der Waals surface area contributed by atoms with Crippen molar-refractivity contribution in [1.82, 2.24) is 25.1 Å². The number of fused-ring (bicyclic) bond motifs is 2. The Morgan fingerprint density at radius 3 is 2.48 bits per heavy atom. The number of nitrogens with one attached hydrogen (secondary N) is 3. The second-order valence-electron chi connectivity index (χ2n) is 18.3. The van der Waals surface area contributed by atoms with Gasteiger partial charge in [0.25, 0.3) is 11.8 Å². The number of carbonyl (C=O) groups is 5. The summed E-state index contributed by atoms with van der Waals surface area (Å²) in [6.45, 7) is 7.05. The topological polar surface area (TPSA) is 218 Å². The summed E-state index contributed by atoms with van der Waals surface area (Å²) < 4.78 is 42.5. The quantitative estimate of drug-likeness (QED) is 0.0357. The molecule has 3 heterocycles. The molecule has 1 saturated carbocycles. The molecule has 1 aliphatic carbocycles. The summed E-state index contributed by atoms with van der Waals surface area (Å²) >= 11 is 0. The van der Waals surface area contributed by atoms with Crippen LogP contribution >= 0.6 is 0 Å². The SMILES string of the molecule is COc1cc2nc(C)nc(N[C@H](C)c3cc(N)cc(C(F)(F)C(C)(C)O)c3)c2cc1OCC1(CN(C)C(=O)CCCCCCNc2cccc3c2C(=O)N(C2CCC(=O)NC2=O)C3=O)CC1. The summed E-state index contributed by atoms with van der Waals surface area (Å²) in [5.74, 6) is -3.85. The van der Waals surface area contributed by atoms with Crippen LogP contribution in [0.4, 0.5) is 26.0 Å². The Morgan fingerprint density at radius 1 is 1.05 bits per heavy atom. The predicted molar refractivity (Wildman–Crippen MR) is 243 cm³/mol. The minimum absolute atomic E-state index is 0.0414. The molecule has 5 amide bonds. The summed E-state index contributed by atoms with van der Waals surface area (Å²) in [5.41, 5.74) is 5.27. The highest BCUT2D eigenvalue weighted by molar-refractivity contribution is 6.25. The fourth-order valence-corrected chi connectivity index (χ4v) is 8.56. The number of hydrogen-bond donors (Lipinski definition) is 5. The number of hydrogen-bond acceptors (Lipinski definition) is 13. The van der Waals surface area contributed by atoms with Gasteiger partial charge in [0.2, 0.25) is 17.7 Å². The minimum atomic E-state index is -3.56. The maximum Gasteiger partial charge on any atom is 0.300 e. The number of nitrogen functional groups attached to an aromatic ring is 1. The first kappa shape index (κ1) is 47.5. The van der Waals surface area contributed by atoms with Gasteiger partial charge in [-0.15, -0.1) is 0 Å². The Labute approximate surface area is 382 Å². The third-order valence-electron chi connectivity index (χ3n) is 12.6. The number of benzene rings is 3. The number of anilines is 3. The van der Waals surface area contributed by atoms with E-state index in [-0.39, 0.29) is 41.0 Å². The lowest BCUT2D eigenvalue weighted by Gasteiger charge is -2.30. The summed E-state index contributed by atoms with van der Waals surface area (Å²) in [4.78, 5) is 75.8. The van der Waals surface area contributed by atoms with E-state index in [9.17, 15) is 29.1 Å². The normalized spacial score (nSPS) is 17.3. The monoisotopic (exact) mass is 912 g/mol. The van der Waals surface area contributed by atoms with Gasteiger partial charge >= 0.3 is 5.92 Å². The molecule has 0 bridgehead atoms. The summed E-state index contributed by atoms with van der Waals surface area (Å²) in [6.07, 6.45) is 5.43. The van der Waals surface area contributed by atoms with E-state index in [0.717, 1.165) is 56.9 Å². The van der Waals surface area contributed by atoms with Gasteiger partial charge in [-0.25, -0.2) is 9.97 Å². The molecule has 0 spiro atoms. The number of alkyl halides is 2. The molecule has 2 aliphatic heterocycles. The molecule has 0 radical (unpaired) electrons. The first-order valence-corrected chi connectivity index (χ1v) is 22.3. The van der Waals surface area contributed by atoms with Crippen LogP contribution < -0.4 is 31.2 Å². The number of carbonyl (C=O) groups excluding carboxylic acids is 5. The van der Waals surface area contributed by atoms with Crippen LogP contribution in [0.15, 0.2) is 48.5 Å². The van der Waals surface area contributed by atoms with Crippen molar-refractivity contribution in [1.29, 1.82) is 0 Å². The molecule has 2 fully saturated rings. The molecule has 1 aromatic heterocycles. The smallest absolute Gasteiger partial charge is 0.300 e. The molecular formula is C48H58F2N8O8. The molecule has 1 unspecified atom stereocenters. The summed E-state index contributed by atoms with van der Waals surface area (Å²) in [6, 6.07) is 11.1. The molecule has 1 saturated heterocycles. The van der Waals surface area contributed by atoms with Crippen LogP contribution in [0.3, 0.4) is 0 Å². The van der Waals surface area contributed by atoms with Crippen LogP contribution in [0.1, 0.15) is 122 Å². The van der Waals surface area contributed by atoms with Crippen molar-refractivity contribution < 1.29 is 47.3 Å². The van der Waals surface area contributed by atoms with Crippen LogP contribution in [0.2, 0.25) is 0 Å². The van der Waals surface area contributed by atoms with Crippen LogP contribution in [0.5, 0.6) is 11.5 Å². The maximum absolute atomic E-state index is 15.2. The van der Waals surface area contributed by atoms with Gasteiger partial charge in [0.1, 0.15) is 23.3 Å². The van der Waals surface area contributed by atoms with Crippen molar-refractivity contribution in [3.63, 3.8) is 0 Å². The van der Waals surface area contributed by atoms with Crippen LogP contribution in [-0.4, -0.2) is 99.9 Å². The van der Waals surface area contributed by atoms with Gasteiger partial charge in [-0.3, -0.25) is 34.2 Å². The van der Waals surface area contributed by atoms with Gasteiger partial charge < -0.3 is 35.8 Å². The van der Waals surface area contributed by atoms with Crippen LogP contribution in [-0.2, 0) is 20.3 Å². The number of aromatic nitrogens is 2. The van der Waals surface area contributed by atoms with Crippen molar-refractivity contribution in [2.24, 2.45) is 5.41 Å². The van der Waals surface area contributed by atoms with Crippen molar-refractivity contribution >= 4 is 57.6 Å². The Kier molecular flexibility index (Phi) is 13.6. The number of aryl methyl sites for hydroxylation is 1. The van der Waals surface area contributed by atoms with Crippen LogP contribution in [0, 0.1) is 12.3 Å². The van der Waals surface area contributed by atoms with Crippen molar-refractivity contribution in [2.45, 2.75) is 109 Å². The van der Waals surface area contributed by atoms with Gasteiger partial charge in [-0.2, -0.15) is 8.78 Å². The number of methoxy groups -OCH3 is 1. The van der Waals surface area contributed by atoms with Crippen molar-refractivity contribution in [3.05, 3.63) is 76.6 Å². The summed E-state index contributed by atoms with van der Waals surface area (Å²) in [7, 11) is 3.35. The lowest BCUT2D eigenvalue weighted by molar-refractivity contribution is -0.168. The molecular weight excluding hydrogens is 855 g/mol. The fourth-order valence-electron chi connectivity index (χ4n) is 8.56. The largest absolute Gasteiger partial charge is 0.493 e. The number of nitrogens with two attached hydrogens (primary N) is 1. The lowest BCUT2D eigenvalue weighted by Crippen LogP contribution is -2.54. The number of halogens is 2. The number of aliphatic hydroxyl groups is 1. The van der Waals surface area contributed by atoms with E-state index in [1.165, 1.54) is 6.07 Å². The molecule has 66 heavy (non-hydrogen) atoms. The highest BCUT2D eigenvalue weighted by Gasteiger charge is 2.48. The number of imide groups is 2. The molecule has 7 rings (SSSR count). The molecule has 6 N–H and O–H groups in total. The highest BCUT2D eigenvalue weighted by Crippen LogP contribution is 2.48. The number of piperidine rings is 1. The van der Waals surface area contributed by atoms with E-state index < -0.39 is 52.8 Å². The average molecular weight is 913 g/mol. The fraction of sp³-hybridized carbons (Fsp3) is 0.479. The van der Waals surface area contributed by atoms with E-state index in [1.54, 1.807) is 62.3 Å². The number of ether oxygens (including phenoxy) is 2. The van der Waals surface area contributed by atoms with E-state index in [4.69, 9.17) is 15.2 Å². The molecule has 4 aromatic rings. The number of rotatable bonds is 20. The number of nitrogens with zero attached hydrogens (tertiary/aromatic N) is 4. The lowest BCUT2D eigenvalue weighted by atomic mass is 9.91. The average Bonchev–Trinajstić information content (AvgIpc) is 3.98. The van der Waals surface area contributed by atoms with E-state index in [2.05, 4.69) is 25.9 Å². The second-order valence-corrected chi connectivity index (χ2v) is 18.3. The van der Waals surface area contributed by atoms with Gasteiger partial charge in [0.15, 0.2) is 11.5 Å². The molecule has 2 atom stereocenters. The van der Waals surface area contributed by atoms with Crippen molar-refractivity contribution in [2.75, 3.05) is 50.2 Å². The van der Waals surface area contributed by atoms with Crippen LogP contribution in [0.25, 0.3) is 10.9 Å². The highest BCUT2D eigenvalue weighted by atomic mass is 19.3. The number of unbranched alkanes of at least 4 members (excludes halogenated alkanes) is 3. The Balaban J connectivity index is 0.895. The zero-order valence-corrected chi connectivity index (χ0v) is 38.2. The zero-order valence-electron chi connectivity index (χ0n) is 38.2. The minimum Gasteiger partial charge on any atom is -0.493 e. The van der Waals surface area contributed by atoms with Gasteiger partial charge in [0.05, 0.1) is 36.4 Å². The maximum atomic E-state index is 15.2. The van der Waals surface area contributed by atoms with Gasteiger partial charge in [0, 0.05) is 66.8 Å². The first-order valence-electron chi connectivity index (χ1n) is 22.3. The molecule has 16 nitrogen and oxygen atoms in total. The Bertz CT molecular complexity index is 2560. The second kappa shape index (κ2) is 18.8. The predicted octanol–water partition coefficient (Wildman–Crippen LogP) is 6.65. The van der Waals surface area contributed by atoms with Gasteiger partial charge in [-0.1, -0.05) is 18.9 Å². The standard InChI is InChI=1S/C48H58F2N8O8/c1-27(29-20-30(22-31(51)21-29)48(49,50)46(3,4)64)53-42-33-23-38(37(65-6)24-35(33)54-28(2)55-42)66-26-47(17-18-47)25-57(5)40(60)14-9-7-8-10-19-52-34-13-11-12-32-41(34)45(63)58(44(32)62)36-15-16-39(59)56-43(36)61/h11-13,20-24,27,36,52,64H,7-10,14-19,25-26,51H2,1-6H3,(H,53,54,55)(H,56,59,61)/t27-,36?/m1/s1.